The molecule has 0 aromatic rings. The number of ether oxygens (including phenoxy) is 4. The van der Waals surface area contributed by atoms with Crippen molar-refractivity contribution in [3.05, 3.63) is 0 Å². The third kappa shape index (κ3) is 44.2. The van der Waals surface area contributed by atoms with Crippen LogP contribution in [-0.2, 0) is 88.6 Å². The first-order chi connectivity index (χ1) is 23.0. The summed E-state index contributed by atoms with van der Waals surface area (Å²) in [5.74, 6) is -0.738. The van der Waals surface area contributed by atoms with Gasteiger partial charge >= 0.3 is 23.9 Å². The Hall–Kier alpha value is 0.0787. The molecule has 0 aliphatic carbocycles. The van der Waals surface area contributed by atoms with Crippen molar-refractivity contribution >= 4 is 98.3 Å². The van der Waals surface area contributed by atoms with Gasteiger partial charge < -0.3 is 69.5 Å². The molecule has 0 saturated carbocycles. The monoisotopic (exact) mass is 876 g/mol. The summed E-state index contributed by atoms with van der Waals surface area (Å²) >= 11 is 18.3. The Morgan fingerprint density at radius 3 is 0.653 bits per heavy atom. The second-order valence-corrected chi connectivity index (χ2v) is 12.4. The molecule has 4 unspecified atom stereocenters. The average Bonchev–Trinajstić information content (AvgIpc) is 3.11. The Balaban J connectivity index is -0.000000174. The van der Waals surface area contributed by atoms with Crippen LogP contribution in [0.3, 0.4) is 0 Å². The standard InChI is InChI=1S/4C9H18O2S.Sn/c4*1-3-5-6-8(4-2)11-9(10)7-12;/h4*8,12H,3-7H2,1-2H3;/q;;;;+4/p-4. The number of esters is 4. The fourth-order valence-electron chi connectivity index (χ4n) is 3.99. The van der Waals surface area contributed by atoms with E-state index in [1.165, 1.54) is 0 Å². The quantitative estimate of drug-likeness (QED) is 0.0409. The van der Waals surface area contributed by atoms with Crippen molar-refractivity contribution in [1.82, 2.24) is 0 Å². The Kier molecular flexibility index (Phi) is 54.9. The second-order valence-electron chi connectivity index (χ2n) is 11.2. The molecule has 13 heteroatoms. The second kappa shape index (κ2) is 46.1. The molecule has 0 spiro atoms. The van der Waals surface area contributed by atoms with Crippen LogP contribution in [0.5, 0.6) is 0 Å². The maximum absolute atomic E-state index is 10.8. The maximum Gasteiger partial charge on any atom is 4.00 e. The van der Waals surface area contributed by atoms with Gasteiger partial charge in [0.25, 0.3) is 23.9 Å². The van der Waals surface area contributed by atoms with Gasteiger partial charge in [0.1, 0.15) is 24.4 Å². The smallest absolute Gasteiger partial charge is 0.782 e. The van der Waals surface area contributed by atoms with Crippen LogP contribution < -0.4 is 0 Å². The molecule has 0 rings (SSSR count). The molecule has 0 aromatic carbocycles. The zero-order valence-corrected chi connectivity index (χ0v) is 38.0. The number of unbranched alkanes of at least 4 members (excludes halogenated alkanes) is 4. The van der Waals surface area contributed by atoms with Gasteiger partial charge in [-0.2, -0.15) is 0 Å². The fraction of sp³-hybridized carbons (Fsp3) is 0.889. The average molecular weight is 876 g/mol. The molecule has 0 radical (unpaired) electrons. The van der Waals surface area contributed by atoms with Gasteiger partial charge in [0.2, 0.25) is 0 Å². The molecule has 0 saturated heterocycles. The molecule has 8 nitrogen and oxygen atoms in total. The number of hydrogen-bond acceptors (Lipinski definition) is 12. The van der Waals surface area contributed by atoms with Crippen molar-refractivity contribution in [2.75, 3.05) is 23.0 Å². The molecule has 0 fully saturated rings. The maximum atomic E-state index is 10.8. The molecule has 0 aromatic heterocycles. The minimum absolute atomic E-state index is 0. The minimum atomic E-state index is -0.257. The fourth-order valence-corrected chi connectivity index (χ4v) is 4.26. The molecule has 0 N–H and O–H groups in total. The third-order valence-corrected chi connectivity index (χ3v) is 7.95. The Morgan fingerprint density at radius 2 is 0.551 bits per heavy atom. The van der Waals surface area contributed by atoms with Gasteiger partial charge in [-0.1, -0.05) is 130 Å². The first kappa shape index (κ1) is 58.4. The summed E-state index contributed by atoms with van der Waals surface area (Å²) in [4.78, 5) is 43.3. The number of carbonyl (C=O) groups is 4. The van der Waals surface area contributed by atoms with Gasteiger partial charge in [0.05, 0.1) is 0 Å². The van der Waals surface area contributed by atoms with Crippen LogP contribution in [0.1, 0.15) is 158 Å². The first-order valence-electron chi connectivity index (χ1n) is 18.1. The summed E-state index contributed by atoms with van der Waals surface area (Å²) < 4.78 is 20.4. The molecule has 288 valence electrons. The van der Waals surface area contributed by atoms with Crippen LogP contribution in [-0.4, -0.2) is 95.2 Å². The van der Waals surface area contributed by atoms with E-state index in [9.17, 15) is 19.2 Å². The van der Waals surface area contributed by atoms with Crippen molar-refractivity contribution in [2.24, 2.45) is 0 Å². The van der Waals surface area contributed by atoms with Crippen LogP contribution >= 0.6 is 0 Å². The van der Waals surface area contributed by atoms with E-state index in [1.54, 1.807) is 0 Å². The topological polar surface area (TPSA) is 105 Å². The molecule has 49 heavy (non-hydrogen) atoms. The van der Waals surface area contributed by atoms with E-state index >= 15 is 0 Å². The van der Waals surface area contributed by atoms with Gasteiger partial charge in [0.15, 0.2) is 0 Å². The predicted molar refractivity (Wildman–Crippen MR) is 213 cm³/mol. The van der Waals surface area contributed by atoms with Crippen LogP contribution in [0.25, 0.3) is 0 Å². The van der Waals surface area contributed by atoms with Gasteiger partial charge in [-0.3, -0.25) is 19.2 Å². The van der Waals surface area contributed by atoms with Gasteiger partial charge in [-0.05, 0) is 51.4 Å². The Bertz CT molecular complexity index is 630. The molecule has 0 bridgehead atoms. The van der Waals surface area contributed by atoms with E-state index in [1.807, 2.05) is 27.7 Å². The van der Waals surface area contributed by atoms with Crippen LogP contribution in [0.2, 0.25) is 0 Å². The number of carbonyl (C=O) groups excluding carboxylic acids is 4. The third-order valence-electron chi connectivity index (χ3n) is 7.00. The Labute approximate surface area is 339 Å². The van der Waals surface area contributed by atoms with Crippen molar-refractivity contribution in [3.63, 3.8) is 0 Å². The molecule has 4 atom stereocenters. The predicted octanol–water partition coefficient (Wildman–Crippen LogP) is 7.80. The minimum Gasteiger partial charge on any atom is -0.782 e. The van der Waals surface area contributed by atoms with E-state index in [4.69, 9.17) is 18.9 Å². The Morgan fingerprint density at radius 1 is 0.388 bits per heavy atom. The SMILES string of the molecule is CCCCC(CC)OC(=O)C[S-].CCCCC(CC)OC(=O)C[S-].CCCCC(CC)OC(=O)C[S-].CCCCC(CC)OC(=O)C[S-].[Sn+4]. The normalized spacial score (nSPS) is 12.3. The summed E-state index contributed by atoms with van der Waals surface area (Å²) in [6.45, 7) is 16.6. The van der Waals surface area contributed by atoms with E-state index in [0.29, 0.717) is 0 Å². The van der Waals surface area contributed by atoms with Gasteiger partial charge in [-0.15, -0.1) is 0 Å². The van der Waals surface area contributed by atoms with Crippen molar-refractivity contribution in [2.45, 2.75) is 183 Å². The molecular formula is C36H68O8S4Sn. The van der Waals surface area contributed by atoms with Crippen LogP contribution in [0, 0.1) is 0 Å². The van der Waals surface area contributed by atoms with Crippen molar-refractivity contribution in [1.29, 1.82) is 0 Å². The van der Waals surface area contributed by atoms with Crippen molar-refractivity contribution < 1.29 is 38.1 Å². The molecule has 0 heterocycles. The summed E-state index contributed by atoms with van der Waals surface area (Å²) in [7, 11) is 0. The summed E-state index contributed by atoms with van der Waals surface area (Å²) in [6.07, 6.45) is 16.8. The zero-order valence-electron chi connectivity index (χ0n) is 31.9. The molecule has 0 aliphatic rings. The van der Waals surface area contributed by atoms with Gasteiger partial charge in [-0.25, -0.2) is 0 Å². The summed E-state index contributed by atoms with van der Waals surface area (Å²) in [5, 5.41) is 0. The molecule has 0 amide bonds. The van der Waals surface area contributed by atoms with Crippen LogP contribution in [0.4, 0.5) is 0 Å². The van der Waals surface area contributed by atoms with E-state index in [0.717, 1.165) is 103 Å². The molecular weight excluding hydrogens is 807 g/mol. The first-order valence-corrected chi connectivity index (χ1v) is 20.4. The molecule has 0 aliphatic heterocycles. The number of rotatable bonds is 24. The zero-order chi connectivity index (χ0) is 37.6. The van der Waals surface area contributed by atoms with E-state index in [-0.39, 0.29) is 95.2 Å². The van der Waals surface area contributed by atoms with Crippen molar-refractivity contribution in [3.8, 4) is 0 Å². The van der Waals surface area contributed by atoms with E-state index < -0.39 is 0 Å². The summed E-state index contributed by atoms with van der Waals surface area (Å²) in [5.41, 5.74) is 0. The largest absolute Gasteiger partial charge is 4.00 e. The number of hydrogen-bond donors (Lipinski definition) is 0. The van der Waals surface area contributed by atoms with Gasteiger partial charge in [0, 0.05) is 0 Å². The van der Waals surface area contributed by atoms with Crippen LogP contribution in [0.15, 0.2) is 0 Å². The summed E-state index contributed by atoms with van der Waals surface area (Å²) in [6, 6.07) is 0. The van der Waals surface area contributed by atoms with E-state index in [2.05, 4.69) is 78.2 Å².